The van der Waals surface area contributed by atoms with Gasteiger partial charge in [0.25, 0.3) is 11.8 Å². The molecule has 26 heavy (non-hydrogen) atoms. The topological polar surface area (TPSA) is 84.5 Å². The minimum absolute atomic E-state index is 0.244. The number of nitrogens with one attached hydrogen (secondary N) is 2. The van der Waals surface area contributed by atoms with Crippen LogP contribution < -0.4 is 10.6 Å². The Morgan fingerprint density at radius 1 is 1.12 bits per heavy atom. The van der Waals surface area contributed by atoms with E-state index in [0.717, 1.165) is 0 Å². The predicted octanol–water partition coefficient (Wildman–Crippen LogP) is 3.32. The number of thiophene rings is 1. The van der Waals surface area contributed by atoms with Gasteiger partial charge in [-0.05, 0) is 42.5 Å². The maximum Gasteiger partial charge on any atom is 0.338 e. The molecule has 0 radical (unpaired) electrons. The highest BCUT2D eigenvalue weighted by Gasteiger charge is 2.19. The fraction of sp³-hybridized carbons (Fsp3) is 0.316. The summed E-state index contributed by atoms with van der Waals surface area (Å²) in [6.07, 6.45) is -0.898. The minimum atomic E-state index is -0.898. The lowest BCUT2D eigenvalue weighted by Crippen LogP contribution is -2.37. The van der Waals surface area contributed by atoms with Crippen LogP contribution in [0.3, 0.4) is 0 Å². The Balaban J connectivity index is 1.97. The van der Waals surface area contributed by atoms with E-state index in [0.29, 0.717) is 23.0 Å². The van der Waals surface area contributed by atoms with Crippen molar-refractivity contribution in [1.29, 1.82) is 0 Å². The molecule has 7 heteroatoms. The number of hydrogen-bond donors (Lipinski definition) is 2. The lowest BCUT2D eigenvalue weighted by molar-refractivity contribution is -0.129. The van der Waals surface area contributed by atoms with Gasteiger partial charge in [0, 0.05) is 12.2 Å². The fourth-order valence-corrected chi connectivity index (χ4v) is 2.67. The molecule has 0 spiro atoms. The number of anilines is 1. The summed E-state index contributed by atoms with van der Waals surface area (Å²) >= 11 is 1.33. The maximum atomic E-state index is 12.3. The first-order valence-electron chi connectivity index (χ1n) is 8.30. The Kier molecular flexibility index (Phi) is 6.91. The lowest BCUT2D eigenvalue weighted by Gasteiger charge is -2.15. The van der Waals surface area contributed by atoms with Crippen LogP contribution in [0.5, 0.6) is 0 Å². The maximum absolute atomic E-state index is 12.3. The van der Waals surface area contributed by atoms with Gasteiger partial charge >= 0.3 is 5.97 Å². The van der Waals surface area contributed by atoms with Crippen LogP contribution in [0.1, 0.15) is 40.8 Å². The van der Waals surface area contributed by atoms with Crippen LogP contribution in [0.4, 0.5) is 5.69 Å². The molecule has 0 aliphatic rings. The third-order valence-corrected chi connectivity index (χ3v) is 4.31. The Labute approximate surface area is 156 Å². The number of carbonyl (C=O) groups is 3. The summed E-state index contributed by atoms with van der Waals surface area (Å²) in [7, 11) is 0. The van der Waals surface area contributed by atoms with Crippen LogP contribution in [0.15, 0.2) is 41.8 Å². The Morgan fingerprint density at radius 3 is 2.54 bits per heavy atom. The van der Waals surface area contributed by atoms with Crippen molar-refractivity contribution in [2.24, 2.45) is 5.92 Å². The first-order valence-corrected chi connectivity index (χ1v) is 9.18. The zero-order valence-electron chi connectivity index (χ0n) is 14.9. The van der Waals surface area contributed by atoms with Gasteiger partial charge in [-0.1, -0.05) is 26.0 Å². The van der Waals surface area contributed by atoms with Gasteiger partial charge in [-0.3, -0.25) is 9.59 Å². The molecule has 0 fully saturated rings. The molecule has 0 aliphatic heterocycles. The second kappa shape index (κ2) is 9.15. The molecule has 1 atom stereocenters. The Hall–Kier alpha value is -2.67. The number of esters is 1. The molecule has 2 amide bonds. The molecule has 6 nitrogen and oxygen atoms in total. The van der Waals surface area contributed by atoms with Crippen molar-refractivity contribution in [2.45, 2.75) is 26.9 Å². The molecular formula is C19H22N2O4S. The van der Waals surface area contributed by atoms with Crippen LogP contribution in [0.2, 0.25) is 0 Å². The van der Waals surface area contributed by atoms with Crippen LogP contribution in [0, 0.1) is 5.92 Å². The zero-order chi connectivity index (χ0) is 19.1. The van der Waals surface area contributed by atoms with Crippen molar-refractivity contribution in [3.8, 4) is 0 Å². The molecule has 0 aliphatic carbocycles. The van der Waals surface area contributed by atoms with Gasteiger partial charge in [0.1, 0.15) is 0 Å². The number of ether oxygens (including phenoxy) is 1. The van der Waals surface area contributed by atoms with Crippen molar-refractivity contribution in [3.63, 3.8) is 0 Å². The summed E-state index contributed by atoms with van der Waals surface area (Å²) in [6.45, 7) is 6.00. The van der Waals surface area contributed by atoms with Gasteiger partial charge in [-0.2, -0.15) is 0 Å². The minimum Gasteiger partial charge on any atom is -0.449 e. The summed E-state index contributed by atoms with van der Waals surface area (Å²) in [4.78, 5) is 36.8. The van der Waals surface area contributed by atoms with Gasteiger partial charge in [0.05, 0.1) is 10.4 Å². The second-order valence-electron chi connectivity index (χ2n) is 6.20. The van der Waals surface area contributed by atoms with E-state index >= 15 is 0 Å². The molecule has 0 saturated carbocycles. The summed E-state index contributed by atoms with van der Waals surface area (Å²) in [5.41, 5.74) is 0.743. The molecular weight excluding hydrogens is 352 g/mol. The average Bonchev–Trinajstić information content (AvgIpc) is 3.14. The summed E-state index contributed by atoms with van der Waals surface area (Å²) in [5, 5.41) is 7.27. The number of hydrogen-bond acceptors (Lipinski definition) is 5. The predicted molar refractivity (Wildman–Crippen MR) is 101 cm³/mol. The van der Waals surface area contributed by atoms with E-state index < -0.39 is 12.1 Å². The summed E-state index contributed by atoms with van der Waals surface area (Å²) in [6, 6.07) is 9.92. The van der Waals surface area contributed by atoms with E-state index in [9.17, 15) is 14.4 Å². The summed E-state index contributed by atoms with van der Waals surface area (Å²) < 4.78 is 5.20. The highest BCUT2D eigenvalue weighted by atomic mass is 32.1. The highest BCUT2D eigenvalue weighted by molar-refractivity contribution is 7.12. The smallest absolute Gasteiger partial charge is 0.338 e. The van der Waals surface area contributed by atoms with E-state index in [4.69, 9.17) is 4.74 Å². The van der Waals surface area contributed by atoms with Gasteiger partial charge in [0.15, 0.2) is 6.10 Å². The van der Waals surface area contributed by atoms with Crippen LogP contribution in [0.25, 0.3) is 0 Å². The lowest BCUT2D eigenvalue weighted by atomic mass is 10.2. The normalized spacial score (nSPS) is 11.7. The number of carbonyl (C=O) groups excluding carboxylic acids is 3. The zero-order valence-corrected chi connectivity index (χ0v) is 15.8. The first kappa shape index (κ1) is 19.7. The van der Waals surface area contributed by atoms with Gasteiger partial charge in [-0.15, -0.1) is 11.3 Å². The molecule has 1 heterocycles. The SMILES string of the molecule is CC(C)CNC(=O)[C@H](C)OC(=O)c1cccc(NC(=O)c2cccs2)c1. The molecule has 0 bridgehead atoms. The van der Waals surface area contributed by atoms with E-state index in [2.05, 4.69) is 10.6 Å². The molecule has 0 unspecified atom stereocenters. The van der Waals surface area contributed by atoms with Crippen LogP contribution >= 0.6 is 11.3 Å². The van der Waals surface area contributed by atoms with E-state index in [1.807, 2.05) is 19.2 Å². The average molecular weight is 374 g/mol. The highest BCUT2D eigenvalue weighted by Crippen LogP contribution is 2.16. The molecule has 138 valence electrons. The van der Waals surface area contributed by atoms with E-state index in [1.54, 1.807) is 30.3 Å². The quantitative estimate of drug-likeness (QED) is 0.728. The molecule has 2 rings (SSSR count). The third-order valence-electron chi connectivity index (χ3n) is 3.44. The van der Waals surface area contributed by atoms with Gasteiger partial charge < -0.3 is 15.4 Å². The van der Waals surface area contributed by atoms with Crippen LogP contribution in [-0.2, 0) is 9.53 Å². The number of amides is 2. The van der Waals surface area contributed by atoms with Crippen molar-refractivity contribution < 1.29 is 19.1 Å². The molecule has 1 aromatic carbocycles. The van der Waals surface area contributed by atoms with Crippen molar-refractivity contribution in [1.82, 2.24) is 5.32 Å². The van der Waals surface area contributed by atoms with Crippen molar-refractivity contribution >= 4 is 34.8 Å². The molecule has 2 N–H and O–H groups in total. The third kappa shape index (κ3) is 5.70. The Bertz CT molecular complexity index is 772. The van der Waals surface area contributed by atoms with E-state index in [-0.39, 0.29) is 17.4 Å². The number of benzene rings is 1. The van der Waals surface area contributed by atoms with Gasteiger partial charge in [0.2, 0.25) is 0 Å². The van der Waals surface area contributed by atoms with E-state index in [1.165, 1.54) is 24.3 Å². The molecule has 2 aromatic rings. The fourth-order valence-electron chi connectivity index (χ4n) is 2.05. The Morgan fingerprint density at radius 2 is 1.88 bits per heavy atom. The molecule has 0 saturated heterocycles. The van der Waals surface area contributed by atoms with Crippen molar-refractivity contribution in [3.05, 3.63) is 52.2 Å². The second-order valence-corrected chi connectivity index (χ2v) is 7.15. The monoisotopic (exact) mass is 374 g/mol. The number of rotatable bonds is 7. The van der Waals surface area contributed by atoms with Gasteiger partial charge in [-0.25, -0.2) is 4.79 Å². The first-order chi connectivity index (χ1) is 12.4. The largest absolute Gasteiger partial charge is 0.449 e. The van der Waals surface area contributed by atoms with Crippen LogP contribution in [-0.4, -0.2) is 30.4 Å². The standard InChI is InChI=1S/C19H22N2O4S/c1-12(2)11-20-17(22)13(3)25-19(24)14-6-4-7-15(10-14)21-18(23)16-8-5-9-26-16/h4-10,12-13H,11H2,1-3H3,(H,20,22)(H,21,23)/t13-/m0/s1. The summed E-state index contributed by atoms with van der Waals surface area (Å²) in [5.74, 6) is -0.893. The van der Waals surface area contributed by atoms with Crippen molar-refractivity contribution in [2.75, 3.05) is 11.9 Å². The molecule has 1 aromatic heterocycles.